The number of halogens is 1. The van der Waals surface area contributed by atoms with Crippen molar-refractivity contribution < 1.29 is 18.7 Å². The molecule has 6 nitrogen and oxygen atoms in total. The maximum Gasteiger partial charge on any atom is 0.407 e. The smallest absolute Gasteiger partial charge is 0.407 e. The van der Waals surface area contributed by atoms with E-state index in [1.54, 1.807) is 0 Å². The molecule has 1 aromatic carbocycles. The third-order valence-electron chi connectivity index (χ3n) is 5.55. The minimum absolute atomic E-state index is 0.0000286. The molecule has 168 valence electrons. The van der Waals surface area contributed by atoms with Crippen molar-refractivity contribution in [3.05, 3.63) is 53.5 Å². The number of aliphatic imine (C=N–C) groups is 1. The van der Waals surface area contributed by atoms with Crippen LogP contribution in [0.15, 0.2) is 52.9 Å². The van der Waals surface area contributed by atoms with Gasteiger partial charge in [-0.05, 0) is 31.0 Å². The highest BCUT2D eigenvalue weighted by Gasteiger charge is 2.28. The number of hydrogen-bond acceptors (Lipinski definition) is 5. The molecule has 1 amide bonds. The molecular formula is C24H32FN3O3. The zero-order valence-corrected chi connectivity index (χ0v) is 18.6. The number of nitrogens with one attached hydrogen (secondary N) is 1. The first-order valence-electron chi connectivity index (χ1n) is 10.9. The Kier molecular flexibility index (Phi) is 8.09. The van der Waals surface area contributed by atoms with Crippen molar-refractivity contribution in [2.24, 2.45) is 4.99 Å². The number of carbonyl (C=O) groups excluding carboxylic acids is 1. The second-order valence-corrected chi connectivity index (χ2v) is 7.87. The van der Waals surface area contributed by atoms with Crippen LogP contribution in [0.2, 0.25) is 0 Å². The number of rotatable bonds is 7. The maximum absolute atomic E-state index is 15.1. The number of hydrogen-bond donors (Lipinski definition) is 1. The van der Waals surface area contributed by atoms with Gasteiger partial charge in [-0.2, -0.15) is 0 Å². The van der Waals surface area contributed by atoms with Gasteiger partial charge in [0.05, 0.1) is 31.1 Å². The Morgan fingerprint density at radius 1 is 1.29 bits per heavy atom. The van der Waals surface area contributed by atoms with Crippen LogP contribution in [0, 0.1) is 0 Å². The lowest BCUT2D eigenvalue weighted by molar-refractivity contribution is 0.167. The van der Waals surface area contributed by atoms with E-state index in [1.165, 1.54) is 7.11 Å². The highest BCUT2D eigenvalue weighted by atomic mass is 19.1. The fourth-order valence-electron chi connectivity index (χ4n) is 3.80. The average Bonchev–Trinajstić information content (AvgIpc) is 3.15. The number of alkyl carbamates (subject to hydrolysis) is 1. The normalized spacial score (nSPS) is 21.2. The molecule has 1 aliphatic carbocycles. The SMILES string of the molecule is CCCN=C1CC=CCC(N2CCC(Oc3ccc(C(C)NC(=O)OC)cc3)C2)=C1F. The van der Waals surface area contributed by atoms with E-state index in [0.717, 1.165) is 30.7 Å². The van der Waals surface area contributed by atoms with Gasteiger partial charge in [-0.15, -0.1) is 0 Å². The summed E-state index contributed by atoms with van der Waals surface area (Å²) in [6, 6.07) is 7.49. The monoisotopic (exact) mass is 429 g/mol. The Morgan fingerprint density at radius 2 is 2.03 bits per heavy atom. The Labute approximate surface area is 183 Å². The van der Waals surface area contributed by atoms with E-state index in [1.807, 2.05) is 50.3 Å². The van der Waals surface area contributed by atoms with Crippen LogP contribution < -0.4 is 10.1 Å². The number of ether oxygens (including phenoxy) is 2. The van der Waals surface area contributed by atoms with Crippen molar-refractivity contribution in [1.29, 1.82) is 0 Å². The van der Waals surface area contributed by atoms with Crippen molar-refractivity contribution in [2.75, 3.05) is 26.7 Å². The third-order valence-corrected chi connectivity index (χ3v) is 5.55. The minimum Gasteiger partial charge on any atom is -0.489 e. The van der Waals surface area contributed by atoms with E-state index < -0.39 is 6.09 Å². The molecule has 0 saturated carbocycles. The van der Waals surface area contributed by atoms with Gasteiger partial charge in [0.25, 0.3) is 0 Å². The molecule has 0 bridgehead atoms. The van der Waals surface area contributed by atoms with Crippen molar-refractivity contribution in [1.82, 2.24) is 10.2 Å². The molecule has 31 heavy (non-hydrogen) atoms. The molecule has 0 aromatic heterocycles. The summed E-state index contributed by atoms with van der Waals surface area (Å²) in [6.45, 7) is 6.01. The lowest BCUT2D eigenvalue weighted by atomic mass is 10.1. The van der Waals surface area contributed by atoms with Crippen LogP contribution in [-0.2, 0) is 4.74 Å². The van der Waals surface area contributed by atoms with Crippen LogP contribution in [0.25, 0.3) is 0 Å². The molecule has 1 aromatic rings. The van der Waals surface area contributed by atoms with Crippen LogP contribution in [0.3, 0.4) is 0 Å². The summed E-state index contributed by atoms with van der Waals surface area (Å²) in [5.41, 5.74) is 2.23. The van der Waals surface area contributed by atoms with Gasteiger partial charge in [-0.1, -0.05) is 31.2 Å². The largest absolute Gasteiger partial charge is 0.489 e. The van der Waals surface area contributed by atoms with Gasteiger partial charge in [-0.3, -0.25) is 4.99 Å². The first-order valence-corrected chi connectivity index (χ1v) is 10.9. The average molecular weight is 430 g/mol. The molecule has 1 heterocycles. The second kappa shape index (κ2) is 11.0. The number of methoxy groups -OCH3 is 1. The topological polar surface area (TPSA) is 63.2 Å². The highest BCUT2D eigenvalue weighted by molar-refractivity contribution is 6.00. The van der Waals surface area contributed by atoms with Gasteiger partial charge >= 0.3 is 6.09 Å². The van der Waals surface area contributed by atoms with Gasteiger partial charge in [0, 0.05) is 32.4 Å². The Balaban J connectivity index is 1.61. The predicted molar refractivity (Wildman–Crippen MR) is 120 cm³/mol. The molecule has 0 spiro atoms. The van der Waals surface area contributed by atoms with E-state index in [0.29, 0.717) is 37.3 Å². The summed E-state index contributed by atoms with van der Waals surface area (Å²) in [4.78, 5) is 17.9. The van der Waals surface area contributed by atoms with Crippen molar-refractivity contribution >= 4 is 11.8 Å². The summed E-state index contributed by atoms with van der Waals surface area (Å²) < 4.78 is 25.9. The van der Waals surface area contributed by atoms with E-state index >= 15 is 4.39 Å². The van der Waals surface area contributed by atoms with E-state index in [2.05, 4.69) is 19.9 Å². The van der Waals surface area contributed by atoms with Crippen LogP contribution in [-0.4, -0.2) is 49.6 Å². The van der Waals surface area contributed by atoms with E-state index in [4.69, 9.17) is 4.74 Å². The fourth-order valence-corrected chi connectivity index (χ4v) is 3.80. The third kappa shape index (κ3) is 6.09. The molecule has 7 heteroatoms. The number of amides is 1. The molecule has 3 rings (SSSR count). The zero-order chi connectivity index (χ0) is 22.2. The van der Waals surface area contributed by atoms with Crippen LogP contribution in [0.4, 0.5) is 9.18 Å². The molecule has 2 aliphatic rings. The molecule has 0 radical (unpaired) electrons. The zero-order valence-electron chi connectivity index (χ0n) is 18.6. The van der Waals surface area contributed by atoms with Crippen molar-refractivity contribution in [3.63, 3.8) is 0 Å². The molecule has 1 N–H and O–H groups in total. The first-order chi connectivity index (χ1) is 15.0. The Hall–Kier alpha value is -2.83. The fraction of sp³-hybridized carbons (Fsp3) is 0.500. The minimum atomic E-state index is -0.461. The number of carbonyl (C=O) groups is 1. The van der Waals surface area contributed by atoms with Gasteiger partial charge in [-0.25, -0.2) is 9.18 Å². The Bertz CT molecular complexity index is 848. The van der Waals surface area contributed by atoms with Crippen molar-refractivity contribution in [2.45, 2.75) is 51.7 Å². The van der Waals surface area contributed by atoms with E-state index in [-0.39, 0.29) is 18.0 Å². The number of likely N-dealkylation sites (tertiary alicyclic amines) is 1. The summed E-state index contributed by atoms with van der Waals surface area (Å²) in [5.74, 6) is 0.594. The van der Waals surface area contributed by atoms with Crippen LogP contribution >= 0.6 is 0 Å². The highest BCUT2D eigenvalue weighted by Crippen LogP contribution is 2.28. The summed E-state index contributed by atoms with van der Waals surface area (Å²) >= 11 is 0. The van der Waals surface area contributed by atoms with Crippen LogP contribution in [0.1, 0.15) is 51.1 Å². The standard InChI is InChI=1S/C24H32FN3O3/c1-4-14-26-21-7-5-6-8-22(23(21)25)28-15-13-20(16-28)31-19-11-9-18(10-12-19)17(2)27-24(29)30-3/h5-6,9-12,17,20H,4,7-8,13-16H2,1-3H3,(H,27,29). The van der Waals surface area contributed by atoms with Gasteiger partial charge in [0.1, 0.15) is 11.9 Å². The van der Waals surface area contributed by atoms with E-state index in [9.17, 15) is 4.79 Å². The van der Waals surface area contributed by atoms with Crippen LogP contribution in [0.5, 0.6) is 5.75 Å². The molecule has 2 atom stereocenters. The summed E-state index contributed by atoms with van der Waals surface area (Å²) in [5, 5.41) is 2.74. The lowest BCUT2D eigenvalue weighted by Crippen LogP contribution is -2.26. The van der Waals surface area contributed by atoms with Gasteiger partial charge < -0.3 is 19.7 Å². The quantitative estimate of drug-likeness (QED) is 0.624. The van der Waals surface area contributed by atoms with Gasteiger partial charge in [0.2, 0.25) is 0 Å². The maximum atomic E-state index is 15.1. The molecular weight excluding hydrogens is 397 g/mol. The molecule has 1 fully saturated rings. The summed E-state index contributed by atoms with van der Waals surface area (Å²) in [7, 11) is 1.34. The predicted octanol–water partition coefficient (Wildman–Crippen LogP) is 4.94. The van der Waals surface area contributed by atoms with Crippen molar-refractivity contribution in [3.8, 4) is 5.75 Å². The number of benzene rings is 1. The first kappa shape index (κ1) is 22.8. The number of nitrogens with zero attached hydrogens (tertiary/aromatic N) is 2. The molecule has 2 unspecified atom stereocenters. The molecule has 1 aliphatic heterocycles. The Morgan fingerprint density at radius 3 is 2.74 bits per heavy atom. The van der Waals surface area contributed by atoms with Gasteiger partial charge in [0.15, 0.2) is 5.83 Å². The lowest BCUT2D eigenvalue weighted by Gasteiger charge is -2.22. The molecule has 1 saturated heterocycles. The summed E-state index contributed by atoms with van der Waals surface area (Å²) in [6.07, 6.45) is 6.46. The second-order valence-electron chi connectivity index (χ2n) is 7.87. The number of allylic oxidation sites excluding steroid dienone is 3.